The maximum Gasteiger partial charge on any atom is 0.258 e. The first-order valence-electron chi connectivity index (χ1n) is 7.29. The zero-order valence-electron chi connectivity index (χ0n) is 13.2. The Morgan fingerprint density at radius 3 is 2.60 bits per heavy atom. The summed E-state index contributed by atoms with van der Waals surface area (Å²) in [7, 11) is 0. The van der Waals surface area contributed by atoms with E-state index in [0.717, 1.165) is 0 Å². The molecule has 0 spiro atoms. The molecule has 5 nitrogen and oxygen atoms in total. The minimum Gasteiger partial charge on any atom is -0.482 e. The first-order valence-corrected chi connectivity index (χ1v) is 8.05. The molecule has 0 bridgehead atoms. The second-order valence-corrected chi connectivity index (χ2v) is 5.97. The highest BCUT2D eigenvalue weighted by Crippen LogP contribution is 2.27. The second-order valence-electron chi connectivity index (χ2n) is 5.12. The van der Waals surface area contributed by atoms with Crippen molar-refractivity contribution in [1.29, 1.82) is 0 Å². The summed E-state index contributed by atoms with van der Waals surface area (Å²) < 4.78 is 18.8. The number of carbonyl (C=O) groups excluding carboxylic acids is 2. The number of nitrogens with one attached hydrogen (secondary N) is 2. The molecule has 8 heteroatoms. The summed E-state index contributed by atoms with van der Waals surface area (Å²) in [5, 5.41) is 5.57. The van der Waals surface area contributed by atoms with Crippen LogP contribution in [-0.4, -0.2) is 24.5 Å². The molecular weight excluding hydrogens is 370 g/mol. The van der Waals surface area contributed by atoms with Crippen molar-refractivity contribution in [3.8, 4) is 5.75 Å². The fourth-order valence-electron chi connectivity index (χ4n) is 1.89. The van der Waals surface area contributed by atoms with Gasteiger partial charge in [-0.15, -0.1) is 0 Å². The zero-order valence-corrected chi connectivity index (χ0v) is 14.7. The van der Waals surface area contributed by atoms with Gasteiger partial charge in [0, 0.05) is 5.02 Å². The third kappa shape index (κ3) is 5.62. The van der Waals surface area contributed by atoms with Crippen molar-refractivity contribution in [2.45, 2.75) is 13.0 Å². The molecule has 0 heterocycles. The van der Waals surface area contributed by atoms with Gasteiger partial charge in [-0.2, -0.15) is 0 Å². The number of anilines is 1. The highest BCUT2D eigenvalue weighted by molar-refractivity contribution is 6.35. The maximum atomic E-state index is 13.5. The Kier molecular flexibility index (Phi) is 6.61. The van der Waals surface area contributed by atoms with Crippen LogP contribution < -0.4 is 15.4 Å². The van der Waals surface area contributed by atoms with Crippen molar-refractivity contribution >= 4 is 40.7 Å². The van der Waals surface area contributed by atoms with Crippen LogP contribution in [0.25, 0.3) is 0 Å². The van der Waals surface area contributed by atoms with Crippen LogP contribution in [-0.2, 0) is 9.59 Å². The van der Waals surface area contributed by atoms with Gasteiger partial charge in [0.05, 0.1) is 10.7 Å². The number of halogens is 3. The molecule has 0 fully saturated rings. The predicted octanol–water partition coefficient (Wildman–Crippen LogP) is 3.65. The molecule has 0 saturated heterocycles. The third-order valence-corrected chi connectivity index (χ3v) is 3.69. The molecule has 2 aromatic rings. The lowest BCUT2D eigenvalue weighted by atomic mass is 10.2. The molecule has 2 N–H and O–H groups in total. The summed E-state index contributed by atoms with van der Waals surface area (Å²) in [6.45, 7) is 1.14. The Hall–Kier alpha value is -2.31. The van der Waals surface area contributed by atoms with E-state index in [0.29, 0.717) is 10.8 Å². The molecule has 0 aromatic heterocycles. The number of benzene rings is 2. The molecule has 1 unspecified atom stereocenters. The maximum absolute atomic E-state index is 13.5. The monoisotopic (exact) mass is 384 g/mol. The summed E-state index contributed by atoms with van der Waals surface area (Å²) in [6, 6.07) is 9.46. The molecule has 0 aliphatic rings. The summed E-state index contributed by atoms with van der Waals surface area (Å²) in [6.07, 6.45) is 0. The quantitative estimate of drug-likeness (QED) is 0.798. The minimum atomic E-state index is -0.878. The Balaban J connectivity index is 1.85. The largest absolute Gasteiger partial charge is 0.482 e. The van der Waals surface area contributed by atoms with Gasteiger partial charge in [0.15, 0.2) is 6.61 Å². The highest BCUT2D eigenvalue weighted by Gasteiger charge is 2.17. The van der Waals surface area contributed by atoms with Crippen molar-refractivity contribution in [2.24, 2.45) is 0 Å². The van der Waals surface area contributed by atoms with Crippen LogP contribution in [0.5, 0.6) is 5.75 Å². The molecule has 25 heavy (non-hydrogen) atoms. The third-order valence-electron chi connectivity index (χ3n) is 3.16. The van der Waals surface area contributed by atoms with Gasteiger partial charge < -0.3 is 15.4 Å². The fourth-order valence-corrected chi connectivity index (χ4v) is 2.35. The van der Waals surface area contributed by atoms with Crippen molar-refractivity contribution in [3.63, 3.8) is 0 Å². The molecular formula is C17H15Cl2FN2O3. The van der Waals surface area contributed by atoms with Crippen LogP contribution in [0, 0.1) is 5.82 Å². The summed E-state index contributed by atoms with van der Waals surface area (Å²) in [5.41, 5.74) is 0.0396. The molecule has 1 atom stereocenters. The van der Waals surface area contributed by atoms with E-state index in [1.165, 1.54) is 37.3 Å². The molecule has 0 aliphatic heterocycles. The zero-order chi connectivity index (χ0) is 18.4. The van der Waals surface area contributed by atoms with Crippen LogP contribution in [0.4, 0.5) is 10.1 Å². The predicted molar refractivity (Wildman–Crippen MR) is 94.6 cm³/mol. The first kappa shape index (κ1) is 19.0. The number of rotatable bonds is 6. The lowest BCUT2D eigenvalue weighted by Gasteiger charge is -2.15. The summed E-state index contributed by atoms with van der Waals surface area (Å²) in [5.74, 6) is -1.34. The minimum absolute atomic E-state index is 0.0396. The highest BCUT2D eigenvalue weighted by atomic mass is 35.5. The van der Waals surface area contributed by atoms with E-state index in [9.17, 15) is 14.0 Å². The Bertz CT molecular complexity index is 786. The summed E-state index contributed by atoms with van der Waals surface area (Å²) in [4.78, 5) is 23.9. The van der Waals surface area contributed by atoms with Gasteiger partial charge in [0.2, 0.25) is 5.91 Å². The number of hydrogen-bond donors (Lipinski definition) is 2. The van der Waals surface area contributed by atoms with E-state index in [1.807, 2.05) is 0 Å². The molecule has 0 aliphatic carbocycles. The number of para-hydroxylation sites is 1. The van der Waals surface area contributed by atoms with Crippen molar-refractivity contribution < 1.29 is 18.7 Å². The molecule has 2 amide bonds. The first-order chi connectivity index (χ1) is 11.9. The van der Waals surface area contributed by atoms with Gasteiger partial charge in [-0.3, -0.25) is 9.59 Å². The lowest BCUT2D eigenvalue weighted by molar-refractivity contribution is -0.127. The molecule has 132 valence electrons. The standard InChI is InChI=1S/C17H15Cl2FN2O3/c1-10(17(24)22-14-5-3-2-4-13(14)20)21-16(23)9-25-15-7-6-11(18)8-12(15)19/h2-8,10H,9H2,1H3,(H,21,23)(H,22,24). The number of amides is 2. The van der Waals surface area contributed by atoms with E-state index in [4.69, 9.17) is 27.9 Å². The van der Waals surface area contributed by atoms with E-state index in [1.54, 1.807) is 12.1 Å². The Morgan fingerprint density at radius 1 is 1.20 bits per heavy atom. The van der Waals surface area contributed by atoms with Crippen LogP contribution in [0.1, 0.15) is 6.92 Å². The number of hydrogen-bond acceptors (Lipinski definition) is 3. The van der Waals surface area contributed by atoms with Crippen LogP contribution in [0.3, 0.4) is 0 Å². The van der Waals surface area contributed by atoms with E-state index >= 15 is 0 Å². The van der Waals surface area contributed by atoms with Crippen LogP contribution in [0.15, 0.2) is 42.5 Å². The number of carbonyl (C=O) groups is 2. The normalized spacial score (nSPS) is 11.5. The molecule has 2 aromatic carbocycles. The van der Waals surface area contributed by atoms with Crippen molar-refractivity contribution in [1.82, 2.24) is 5.32 Å². The van der Waals surface area contributed by atoms with Gasteiger partial charge in [0.25, 0.3) is 5.91 Å². The van der Waals surface area contributed by atoms with Crippen molar-refractivity contribution in [3.05, 3.63) is 58.3 Å². The fraction of sp³-hybridized carbons (Fsp3) is 0.176. The smallest absolute Gasteiger partial charge is 0.258 e. The van der Waals surface area contributed by atoms with Crippen molar-refractivity contribution in [2.75, 3.05) is 11.9 Å². The van der Waals surface area contributed by atoms with Gasteiger partial charge in [-0.25, -0.2) is 4.39 Å². The molecule has 0 saturated carbocycles. The topological polar surface area (TPSA) is 67.4 Å². The van der Waals surface area contributed by atoms with Crippen LogP contribution in [0.2, 0.25) is 10.0 Å². The number of ether oxygens (including phenoxy) is 1. The molecule has 0 radical (unpaired) electrons. The van der Waals surface area contributed by atoms with Gasteiger partial charge in [-0.05, 0) is 37.3 Å². The van der Waals surface area contributed by atoms with E-state index < -0.39 is 23.7 Å². The van der Waals surface area contributed by atoms with E-state index in [-0.39, 0.29) is 17.3 Å². The van der Waals surface area contributed by atoms with Gasteiger partial charge in [-0.1, -0.05) is 35.3 Å². The van der Waals surface area contributed by atoms with Crippen LogP contribution >= 0.6 is 23.2 Å². The second kappa shape index (κ2) is 8.69. The lowest BCUT2D eigenvalue weighted by Crippen LogP contribution is -2.43. The average Bonchev–Trinajstić information content (AvgIpc) is 2.56. The Morgan fingerprint density at radius 2 is 1.92 bits per heavy atom. The van der Waals surface area contributed by atoms with Gasteiger partial charge in [0.1, 0.15) is 17.6 Å². The summed E-state index contributed by atoms with van der Waals surface area (Å²) >= 11 is 11.7. The van der Waals surface area contributed by atoms with Gasteiger partial charge >= 0.3 is 0 Å². The SMILES string of the molecule is CC(NC(=O)COc1ccc(Cl)cc1Cl)C(=O)Nc1ccccc1F. The Labute approximate surface area is 154 Å². The van der Waals surface area contributed by atoms with E-state index in [2.05, 4.69) is 10.6 Å². The molecule has 2 rings (SSSR count). The average molecular weight is 385 g/mol.